The summed E-state index contributed by atoms with van der Waals surface area (Å²) in [5, 5.41) is 8.46. The van der Waals surface area contributed by atoms with E-state index in [-0.39, 0.29) is 5.56 Å². The van der Waals surface area contributed by atoms with Crippen molar-refractivity contribution in [3.63, 3.8) is 0 Å². The van der Waals surface area contributed by atoms with Crippen LogP contribution >= 0.6 is 7.14 Å². The smallest absolute Gasteiger partial charge is 0.272 e. The molecule has 0 bridgehead atoms. The van der Waals surface area contributed by atoms with Crippen molar-refractivity contribution in [1.82, 2.24) is 15.1 Å². The summed E-state index contributed by atoms with van der Waals surface area (Å²) in [7, 11) is -2.83. The first-order chi connectivity index (χ1) is 16.0. The van der Waals surface area contributed by atoms with Gasteiger partial charge in [-0.15, -0.1) is 0 Å². The number of fused-ring (bicyclic) bond motifs is 1. The van der Waals surface area contributed by atoms with E-state index in [0.717, 1.165) is 17.5 Å². The quantitative estimate of drug-likeness (QED) is 0.454. The van der Waals surface area contributed by atoms with Gasteiger partial charge in [-0.05, 0) is 29.3 Å². The fourth-order valence-corrected chi connectivity index (χ4v) is 7.33. The number of hydrogen-bond donors (Lipinski definition) is 1. The molecule has 3 aromatic carbocycles. The van der Waals surface area contributed by atoms with Gasteiger partial charge in [-0.1, -0.05) is 54.6 Å². The molecule has 1 fully saturated rings. The number of H-pyrrole nitrogens is 1. The largest absolute Gasteiger partial charge is 0.318 e. The lowest BCUT2D eigenvalue weighted by Crippen LogP contribution is -2.37. The van der Waals surface area contributed by atoms with Crippen LogP contribution in [0.3, 0.4) is 0 Å². The van der Waals surface area contributed by atoms with Crippen LogP contribution in [-0.4, -0.2) is 40.5 Å². The lowest BCUT2D eigenvalue weighted by molar-refractivity contribution is 0.288. The molecule has 1 aliphatic rings. The summed E-state index contributed by atoms with van der Waals surface area (Å²) < 4.78 is 28.6. The predicted molar refractivity (Wildman–Crippen MR) is 130 cm³/mol. The highest BCUT2D eigenvalue weighted by atomic mass is 31.2. The third-order valence-electron chi connectivity index (χ3n) is 6.40. The van der Waals surface area contributed by atoms with Gasteiger partial charge in [0.1, 0.15) is 13.0 Å². The zero-order valence-corrected chi connectivity index (χ0v) is 19.1. The van der Waals surface area contributed by atoms with Gasteiger partial charge in [-0.2, -0.15) is 5.10 Å². The van der Waals surface area contributed by atoms with Gasteiger partial charge in [0, 0.05) is 49.1 Å². The Labute approximate surface area is 191 Å². The monoisotopic (exact) mass is 461 g/mol. The third kappa shape index (κ3) is 4.54. The van der Waals surface area contributed by atoms with Crippen molar-refractivity contribution in [2.24, 2.45) is 0 Å². The van der Waals surface area contributed by atoms with Gasteiger partial charge >= 0.3 is 0 Å². The summed E-state index contributed by atoms with van der Waals surface area (Å²) in [4.78, 5) is 14.3. The normalized spacial score (nSPS) is 16.2. The number of hydrogen-bond acceptors (Lipinski definition) is 4. The van der Waals surface area contributed by atoms with E-state index in [1.165, 1.54) is 11.6 Å². The molecule has 1 saturated heterocycles. The maximum absolute atomic E-state index is 14.8. The van der Waals surface area contributed by atoms with Gasteiger partial charge in [0.15, 0.2) is 0 Å². The molecule has 7 heteroatoms. The number of aromatic amines is 1. The second kappa shape index (κ2) is 9.05. The molecule has 1 aliphatic heterocycles. The molecule has 0 aliphatic carbocycles. The average Bonchev–Trinajstić information content (AvgIpc) is 2.84. The molecule has 1 N–H and O–H groups in total. The minimum Gasteiger partial charge on any atom is -0.318 e. The van der Waals surface area contributed by atoms with E-state index in [9.17, 15) is 13.8 Å². The molecule has 0 spiro atoms. The fourth-order valence-electron chi connectivity index (χ4n) is 4.55. The summed E-state index contributed by atoms with van der Waals surface area (Å²) in [5.74, 6) is -0.405. The minimum atomic E-state index is -2.83. The van der Waals surface area contributed by atoms with Crippen LogP contribution < -0.4 is 10.9 Å². The second-order valence-electron chi connectivity index (χ2n) is 8.61. The summed E-state index contributed by atoms with van der Waals surface area (Å²) in [6.07, 6.45) is 1.37. The Bertz CT molecular complexity index is 1390. The summed E-state index contributed by atoms with van der Waals surface area (Å²) in [6.45, 7) is 2.18. The Morgan fingerprint density at radius 1 is 0.909 bits per heavy atom. The van der Waals surface area contributed by atoms with Gasteiger partial charge in [-0.25, -0.2) is 9.49 Å². The van der Waals surface area contributed by atoms with Gasteiger partial charge in [0.05, 0.1) is 11.1 Å². The Morgan fingerprint density at radius 2 is 1.61 bits per heavy atom. The molecule has 2 heterocycles. The summed E-state index contributed by atoms with van der Waals surface area (Å²) >= 11 is 0. The molecule has 0 atom stereocenters. The Balaban J connectivity index is 1.37. The maximum Gasteiger partial charge on any atom is 0.272 e. The molecule has 168 valence electrons. The van der Waals surface area contributed by atoms with Gasteiger partial charge in [-0.3, -0.25) is 9.69 Å². The molecule has 0 amide bonds. The second-order valence-corrected chi connectivity index (χ2v) is 11.8. The van der Waals surface area contributed by atoms with Crippen molar-refractivity contribution in [3.05, 3.63) is 106 Å². The van der Waals surface area contributed by atoms with Crippen molar-refractivity contribution in [2.75, 3.05) is 25.4 Å². The summed E-state index contributed by atoms with van der Waals surface area (Å²) in [6, 6.07) is 22.4. The highest BCUT2D eigenvalue weighted by Gasteiger charge is 2.33. The molecule has 0 radical (unpaired) electrons. The van der Waals surface area contributed by atoms with E-state index in [2.05, 4.69) is 27.2 Å². The molecular formula is C26H25FN3O2P. The first-order valence-corrected chi connectivity index (χ1v) is 13.2. The maximum atomic E-state index is 14.8. The van der Waals surface area contributed by atoms with E-state index in [1.807, 2.05) is 36.4 Å². The van der Waals surface area contributed by atoms with Crippen LogP contribution in [0.5, 0.6) is 0 Å². The highest BCUT2D eigenvalue weighted by Crippen LogP contribution is 2.47. The van der Waals surface area contributed by atoms with Crippen molar-refractivity contribution in [1.29, 1.82) is 0 Å². The molecule has 4 aromatic rings. The lowest BCUT2D eigenvalue weighted by atomic mass is 10.0. The van der Waals surface area contributed by atoms with Gasteiger partial charge < -0.3 is 4.57 Å². The van der Waals surface area contributed by atoms with Crippen molar-refractivity contribution in [2.45, 2.75) is 13.0 Å². The van der Waals surface area contributed by atoms with Crippen LogP contribution in [0.2, 0.25) is 0 Å². The van der Waals surface area contributed by atoms with Crippen molar-refractivity contribution in [3.8, 4) is 0 Å². The number of rotatable bonds is 5. The Hall–Kier alpha value is -3.08. The first kappa shape index (κ1) is 21.7. The Morgan fingerprint density at radius 3 is 2.36 bits per heavy atom. The van der Waals surface area contributed by atoms with Crippen LogP contribution in [0, 0.1) is 5.82 Å². The highest BCUT2D eigenvalue weighted by molar-refractivity contribution is 7.71. The van der Waals surface area contributed by atoms with Crippen molar-refractivity contribution < 1.29 is 8.96 Å². The standard InChI is InChI=1S/C26H25FN3O2P/c27-23-11-10-20(16-24-21-8-4-5-9-22(21)26(31)29-28-24)17-25(23)33(32)14-12-30(13-15-33)18-19-6-2-1-3-7-19/h1-11,17H,12-16,18H2,(H,29,31). The number of halogens is 1. The van der Waals surface area contributed by atoms with E-state index in [0.29, 0.717) is 48.2 Å². The number of benzene rings is 3. The van der Waals surface area contributed by atoms with Crippen LogP contribution in [0.15, 0.2) is 77.6 Å². The number of aromatic nitrogens is 2. The topological polar surface area (TPSA) is 66.1 Å². The minimum absolute atomic E-state index is 0.235. The molecule has 0 unspecified atom stereocenters. The molecule has 5 nitrogen and oxygen atoms in total. The van der Waals surface area contributed by atoms with E-state index in [1.54, 1.807) is 18.2 Å². The lowest BCUT2D eigenvalue weighted by Gasteiger charge is -2.32. The molecule has 5 rings (SSSR count). The molecule has 1 aromatic heterocycles. The average molecular weight is 461 g/mol. The molecule has 33 heavy (non-hydrogen) atoms. The van der Waals surface area contributed by atoms with Crippen LogP contribution in [0.25, 0.3) is 10.8 Å². The molecule has 0 saturated carbocycles. The number of nitrogens with zero attached hydrogens (tertiary/aromatic N) is 2. The predicted octanol–water partition coefficient (Wildman–Crippen LogP) is 4.16. The molecular weight excluding hydrogens is 436 g/mol. The van der Waals surface area contributed by atoms with Crippen LogP contribution in [0.1, 0.15) is 16.8 Å². The SMILES string of the molecule is O=c1[nH]nc(Cc2ccc(F)c(P3(=O)CCN(Cc4ccccc4)CC3)c2)c2ccccc12. The zero-order valence-electron chi connectivity index (χ0n) is 18.2. The Kier molecular flexibility index (Phi) is 5.96. The van der Waals surface area contributed by atoms with Crippen molar-refractivity contribution >= 4 is 23.2 Å². The van der Waals surface area contributed by atoms with E-state index >= 15 is 0 Å². The summed E-state index contributed by atoms with van der Waals surface area (Å²) in [5.41, 5.74) is 2.53. The van der Waals surface area contributed by atoms with E-state index in [4.69, 9.17) is 0 Å². The zero-order chi connectivity index (χ0) is 22.8. The first-order valence-electron chi connectivity index (χ1n) is 11.1. The van der Waals surface area contributed by atoms with E-state index < -0.39 is 13.0 Å². The van der Waals surface area contributed by atoms with Gasteiger partial charge in [0.25, 0.3) is 5.56 Å². The number of nitrogens with one attached hydrogen (secondary N) is 1. The van der Waals surface area contributed by atoms with Crippen LogP contribution in [0.4, 0.5) is 4.39 Å². The van der Waals surface area contributed by atoms with Crippen LogP contribution in [-0.2, 0) is 17.5 Å². The third-order valence-corrected chi connectivity index (χ3v) is 9.47. The fraction of sp³-hybridized carbons (Fsp3) is 0.231. The van der Waals surface area contributed by atoms with Gasteiger partial charge in [0.2, 0.25) is 0 Å².